The zero-order valence-electron chi connectivity index (χ0n) is 10.3. The van der Waals surface area contributed by atoms with Crippen LogP contribution in [0.5, 0.6) is 0 Å². The van der Waals surface area contributed by atoms with Gasteiger partial charge in [-0.3, -0.25) is 0 Å². The monoisotopic (exact) mass is 328 g/mol. The van der Waals surface area contributed by atoms with Gasteiger partial charge >= 0.3 is 0 Å². The van der Waals surface area contributed by atoms with E-state index in [9.17, 15) is 8.78 Å². The second-order valence-electron chi connectivity index (χ2n) is 4.00. The van der Waals surface area contributed by atoms with Crippen LogP contribution in [0.4, 0.5) is 26.1 Å². The number of hydrogen-bond acceptors (Lipinski definition) is 4. The SMILES string of the molecule is Cc1nc(N)c(C)c(Nc2cc(Br)c(F)cc2F)n1. The van der Waals surface area contributed by atoms with Gasteiger partial charge < -0.3 is 11.1 Å². The van der Waals surface area contributed by atoms with E-state index in [0.717, 1.165) is 6.07 Å². The molecular formula is C12H11BrF2N4. The molecule has 1 heterocycles. The Morgan fingerprint density at radius 2 is 1.84 bits per heavy atom. The van der Waals surface area contributed by atoms with E-state index in [4.69, 9.17) is 5.73 Å². The van der Waals surface area contributed by atoms with Crippen molar-refractivity contribution in [2.45, 2.75) is 13.8 Å². The zero-order valence-corrected chi connectivity index (χ0v) is 11.8. The van der Waals surface area contributed by atoms with Crippen LogP contribution in [0.25, 0.3) is 0 Å². The smallest absolute Gasteiger partial charge is 0.149 e. The largest absolute Gasteiger partial charge is 0.383 e. The number of hydrogen-bond donors (Lipinski definition) is 2. The molecule has 0 atom stereocenters. The van der Waals surface area contributed by atoms with Crippen molar-refractivity contribution in [2.75, 3.05) is 11.1 Å². The number of benzene rings is 1. The van der Waals surface area contributed by atoms with Crippen LogP contribution < -0.4 is 11.1 Å². The second-order valence-corrected chi connectivity index (χ2v) is 4.86. The first kappa shape index (κ1) is 13.7. The van der Waals surface area contributed by atoms with Gasteiger partial charge in [-0.1, -0.05) is 0 Å². The zero-order chi connectivity index (χ0) is 14.2. The van der Waals surface area contributed by atoms with Crippen LogP contribution in [-0.2, 0) is 0 Å². The predicted molar refractivity (Wildman–Crippen MR) is 73.3 cm³/mol. The topological polar surface area (TPSA) is 63.8 Å². The van der Waals surface area contributed by atoms with Crippen LogP contribution in [0.2, 0.25) is 0 Å². The molecule has 0 saturated carbocycles. The van der Waals surface area contributed by atoms with Crippen molar-refractivity contribution in [3.8, 4) is 0 Å². The van der Waals surface area contributed by atoms with Crippen LogP contribution in [0, 0.1) is 25.5 Å². The highest BCUT2D eigenvalue weighted by molar-refractivity contribution is 9.10. The summed E-state index contributed by atoms with van der Waals surface area (Å²) in [7, 11) is 0. The van der Waals surface area contributed by atoms with Gasteiger partial charge in [0.05, 0.1) is 10.2 Å². The number of nitrogens with zero attached hydrogens (tertiary/aromatic N) is 2. The van der Waals surface area contributed by atoms with Crippen molar-refractivity contribution >= 4 is 33.3 Å². The van der Waals surface area contributed by atoms with E-state index >= 15 is 0 Å². The molecule has 1 aromatic heterocycles. The van der Waals surface area contributed by atoms with Gasteiger partial charge in [-0.25, -0.2) is 18.7 Å². The van der Waals surface area contributed by atoms with Gasteiger partial charge in [-0.15, -0.1) is 0 Å². The summed E-state index contributed by atoms with van der Waals surface area (Å²) in [5.41, 5.74) is 6.42. The van der Waals surface area contributed by atoms with E-state index in [0.29, 0.717) is 23.0 Å². The third-order valence-corrected chi connectivity index (χ3v) is 3.17. The highest BCUT2D eigenvalue weighted by Gasteiger charge is 2.12. The van der Waals surface area contributed by atoms with Crippen molar-refractivity contribution in [3.63, 3.8) is 0 Å². The van der Waals surface area contributed by atoms with Crippen LogP contribution in [0.1, 0.15) is 11.4 Å². The van der Waals surface area contributed by atoms with Crippen molar-refractivity contribution in [3.05, 3.63) is 39.6 Å². The Morgan fingerprint density at radius 3 is 2.53 bits per heavy atom. The third kappa shape index (κ3) is 2.81. The summed E-state index contributed by atoms with van der Waals surface area (Å²) >= 11 is 3.00. The van der Waals surface area contributed by atoms with Gasteiger partial charge in [0.1, 0.15) is 29.1 Å². The number of rotatable bonds is 2. The molecule has 100 valence electrons. The second kappa shape index (κ2) is 5.08. The number of aromatic nitrogens is 2. The van der Waals surface area contributed by atoms with E-state index in [1.165, 1.54) is 6.07 Å². The maximum Gasteiger partial charge on any atom is 0.149 e. The van der Waals surface area contributed by atoms with E-state index in [2.05, 4.69) is 31.2 Å². The summed E-state index contributed by atoms with van der Waals surface area (Å²) in [6.45, 7) is 3.39. The summed E-state index contributed by atoms with van der Waals surface area (Å²) in [4.78, 5) is 8.14. The Bertz CT molecular complexity index is 646. The van der Waals surface area contributed by atoms with E-state index in [1.807, 2.05) is 0 Å². The number of halogens is 3. The van der Waals surface area contributed by atoms with Crippen LogP contribution in [-0.4, -0.2) is 9.97 Å². The van der Waals surface area contributed by atoms with Crippen molar-refractivity contribution in [2.24, 2.45) is 0 Å². The lowest BCUT2D eigenvalue weighted by Gasteiger charge is -2.12. The number of nitrogens with one attached hydrogen (secondary N) is 1. The first-order valence-electron chi connectivity index (χ1n) is 5.40. The first-order chi connectivity index (χ1) is 8.88. The minimum Gasteiger partial charge on any atom is -0.383 e. The molecule has 0 bridgehead atoms. The lowest BCUT2D eigenvalue weighted by atomic mass is 10.2. The summed E-state index contributed by atoms with van der Waals surface area (Å²) in [6.07, 6.45) is 0. The van der Waals surface area contributed by atoms with Crippen LogP contribution >= 0.6 is 15.9 Å². The van der Waals surface area contributed by atoms with Crippen LogP contribution in [0.15, 0.2) is 16.6 Å². The molecule has 19 heavy (non-hydrogen) atoms. The molecule has 0 saturated heterocycles. The lowest BCUT2D eigenvalue weighted by Crippen LogP contribution is -2.06. The third-order valence-electron chi connectivity index (χ3n) is 2.56. The molecule has 0 amide bonds. The molecule has 4 nitrogen and oxygen atoms in total. The number of nitrogens with two attached hydrogens (primary N) is 1. The summed E-state index contributed by atoms with van der Waals surface area (Å²) in [5, 5.41) is 2.79. The predicted octanol–water partition coefficient (Wildman–Crippen LogP) is 3.46. The van der Waals surface area contributed by atoms with Crippen molar-refractivity contribution < 1.29 is 8.78 Å². The molecule has 0 unspecified atom stereocenters. The summed E-state index contributed by atoms with van der Waals surface area (Å²) in [5.74, 6) is -0.209. The minimum absolute atomic E-state index is 0.105. The van der Waals surface area contributed by atoms with Gasteiger partial charge in [-0.2, -0.15) is 0 Å². The lowest BCUT2D eigenvalue weighted by molar-refractivity contribution is 0.581. The Balaban J connectivity index is 2.44. The molecule has 0 spiro atoms. The van der Waals surface area contributed by atoms with Gasteiger partial charge in [-0.05, 0) is 35.8 Å². The van der Waals surface area contributed by atoms with Crippen LogP contribution in [0.3, 0.4) is 0 Å². The molecule has 0 aliphatic carbocycles. The van der Waals surface area contributed by atoms with Crippen molar-refractivity contribution in [1.29, 1.82) is 0 Å². The maximum atomic E-state index is 13.7. The normalized spacial score (nSPS) is 10.6. The Kier molecular flexibility index (Phi) is 3.66. The minimum atomic E-state index is -0.713. The summed E-state index contributed by atoms with van der Waals surface area (Å²) in [6, 6.07) is 2.09. The number of nitrogen functional groups attached to an aromatic ring is 1. The average molecular weight is 329 g/mol. The molecular weight excluding hydrogens is 318 g/mol. The van der Waals surface area contributed by atoms with Crippen molar-refractivity contribution in [1.82, 2.24) is 9.97 Å². The summed E-state index contributed by atoms with van der Waals surface area (Å²) < 4.78 is 27.0. The fourth-order valence-electron chi connectivity index (χ4n) is 1.52. The molecule has 1 aromatic carbocycles. The fourth-order valence-corrected chi connectivity index (χ4v) is 1.86. The van der Waals surface area contributed by atoms with Gasteiger partial charge in [0.2, 0.25) is 0 Å². The van der Waals surface area contributed by atoms with Gasteiger partial charge in [0.15, 0.2) is 0 Å². The van der Waals surface area contributed by atoms with E-state index in [-0.39, 0.29) is 10.2 Å². The molecule has 0 aliphatic heterocycles. The molecule has 2 rings (SSSR count). The van der Waals surface area contributed by atoms with E-state index in [1.54, 1.807) is 13.8 Å². The highest BCUT2D eigenvalue weighted by Crippen LogP contribution is 2.27. The Hall–Kier alpha value is -1.76. The fraction of sp³-hybridized carbons (Fsp3) is 0.167. The quantitative estimate of drug-likeness (QED) is 0.828. The average Bonchev–Trinajstić information content (AvgIpc) is 2.32. The highest BCUT2D eigenvalue weighted by atomic mass is 79.9. The first-order valence-corrected chi connectivity index (χ1v) is 6.20. The van der Waals surface area contributed by atoms with E-state index < -0.39 is 11.6 Å². The maximum absolute atomic E-state index is 13.7. The molecule has 3 N–H and O–H groups in total. The van der Waals surface area contributed by atoms with Gasteiger partial charge in [0, 0.05) is 11.6 Å². The number of aryl methyl sites for hydroxylation is 1. The molecule has 0 fully saturated rings. The Morgan fingerprint density at radius 1 is 1.16 bits per heavy atom. The number of anilines is 3. The standard InChI is InChI=1S/C12H11BrF2N4/c1-5-11(16)17-6(2)18-12(5)19-10-3-7(13)8(14)4-9(10)15/h3-4H,1-2H3,(H3,16,17,18,19). The molecule has 2 aromatic rings. The van der Waals surface area contributed by atoms with Gasteiger partial charge in [0.25, 0.3) is 0 Å². The molecule has 7 heteroatoms. The molecule has 0 aliphatic rings. The Labute approximate surface area is 117 Å². The molecule has 0 radical (unpaired) electrons.